The first kappa shape index (κ1) is 15.4. The minimum Gasteiger partial charge on any atom is -0.310 e. The lowest BCUT2D eigenvalue weighted by Gasteiger charge is -2.10. The van der Waals surface area contributed by atoms with Crippen molar-refractivity contribution in [2.75, 3.05) is 27.2 Å². The maximum Gasteiger partial charge on any atom is 0.257 e. The molecule has 0 aromatic carbocycles. The molecule has 0 aliphatic heterocycles. The molecule has 0 saturated heterocycles. The average molecular weight is 301 g/mol. The third-order valence-corrected chi connectivity index (χ3v) is 4.65. The van der Waals surface area contributed by atoms with Gasteiger partial charge < -0.3 is 10.2 Å². The van der Waals surface area contributed by atoms with Crippen LogP contribution in [0.3, 0.4) is 0 Å². The van der Waals surface area contributed by atoms with E-state index in [4.69, 9.17) is 0 Å². The summed E-state index contributed by atoms with van der Waals surface area (Å²) in [5.74, 6) is 0. The summed E-state index contributed by atoms with van der Waals surface area (Å²) in [4.78, 5) is 2.02. The maximum absolute atomic E-state index is 12.2. The van der Waals surface area contributed by atoms with E-state index in [0.717, 1.165) is 13.0 Å². The van der Waals surface area contributed by atoms with Gasteiger partial charge in [0.05, 0.1) is 6.20 Å². The highest BCUT2D eigenvalue weighted by atomic mass is 32.2. The first-order valence-electron chi connectivity index (χ1n) is 6.89. The number of aromatic amines is 1. The number of nitrogens with one attached hydrogen (secondary N) is 3. The zero-order valence-corrected chi connectivity index (χ0v) is 12.8. The standard InChI is InChI=1S/C12H23N5O2S/c1-17(2)7-3-6-15-20(18,19)12-10(9-14-16-12)8-13-11-4-5-11/h9,11,13,15H,3-8H2,1-2H3,(H,14,16). The molecule has 7 nitrogen and oxygen atoms in total. The SMILES string of the molecule is CN(C)CCCNS(=O)(=O)c1[nH]ncc1CNC1CC1. The molecule has 3 N–H and O–H groups in total. The zero-order chi connectivity index (χ0) is 14.6. The van der Waals surface area contributed by atoms with Gasteiger partial charge in [-0.3, -0.25) is 5.10 Å². The second kappa shape index (κ2) is 6.66. The largest absolute Gasteiger partial charge is 0.310 e. The van der Waals surface area contributed by atoms with Crippen LogP contribution in [-0.2, 0) is 16.6 Å². The molecule has 0 unspecified atom stereocenters. The van der Waals surface area contributed by atoms with Crippen LogP contribution in [0.15, 0.2) is 11.2 Å². The van der Waals surface area contributed by atoms with E-state index in [1.54, 1.807) is 6.20 Å². The molecule has 0 spiro atoms. The predicted molar refractivity (Wildman–Crippen MR) is 76.8 cm³/mol. The Kier molecular flexibility index (Phi) is 5.14. The van der Waals surface area contributed by atoms with Crippen molar-refractivity contribution in [1.29, 1.82) is 0 Å². The number of H-pyrrole nitrogens is 1. The predicted octanol–water partition coefficient (Wildman–Crippen LogP) is -0.108. The second-order valence-electron chi connectivity index (χ2n) is 5.43. The monoisotopic (exact) mass is 301 g/mol. The number of hydrogen-bond donors (Lipinski definition) is 3. The molecule has 1 fully saturated rings. The number of rotatable bonds is 9. The zero-order valence-electron chi connectivity index (χ0n) is 12.0. The van der Waals surface area contributed by atoms with Gasteiger partial charge in [0.15, 0.2) is 5.03 Å². The lowest BCUT2D eigenvalue weighted by atomic mass is 10.3. The van der Waals surface area contributed by atoms with Gasteiger partial charge in [0.2, 0.25) is 0 Å². The second-order valence-corrected chi connectivity index (χ2v) is 7.14. The Bertz CT molecular complexity index is 522. The molecule has 2 rings (SSSR count). The van der Waals surface area contributed by atoms with Gasteiger partial charge in [0.25, 0.3) is 10.0 Å². The minimum atomic E-state index is -3.50. The Morgan fingerprint density at radius 3 is 2.85 bits per heavy atom. The van der Waals surface area contributed by atoms with E-state index in [1.807, 2.05) is 19.0 Å². The summed E-state index contributed by atoms with van der Waals surface area (Å²) in [5.41, 5.74) is 0.692. The molecule has 1 saturated carbocycles. The van der Waals surface area contributed by atoms with Gasteiger partial charge in [-0.15, -0.1) is 0 Å². The summed E-state index contributed by atoms with van der Waals surface area (Å²) >= 11 is 0. The summed E-state index contributed by atoms with van der Waals surface area (Å²) in [5, 5.41) is 9.91. The molecule has 20 heavy (non-hydrogen) atoms. The van der Waals surface area contributed by atoms with Gasteiger partial charge in [0, 0.05) is 24.7 Å². The Labute approximate surface area is 120 Å². The Hall–Kier alpha value is -0.960. The Morgan fingerprint density at radius 1 is 1.45 bits per heavy atom. The molecule has 1 aliphatic rings. The first-order valence-corrected chi connectivity index (χ1v) is 8.37. The van der Waals surface area contributed by atoms with Crippen molar-refractivity contribution in [3.8, 4) is 0 Å². The fraction of sp³-hybridized carbons (Fsp3) is 0.750. The lowest BCUT2D eigenvalue weighted by Crippen LogP contribution is -2.29. The number of nitrogens with zero attached hydrogens (tertiary/aromatic N) is 2. The summed E-state index contributed by atoms with van der Waals surface area (Å²) < 4.78 is 27.0. The third-order valence-electron chi connectivity index (χ3n) is 3.18. The molecule has 1 aromatic rings. The molecule has 1 aliphatic carbocycles. The van der Waals surface area contributed by atoms with Crippen molar-refractivity contribution in [3.63, 3.8) is 0 Å². The summed E-state index contributed by atoms with van der Waals surface area (Å²) in [6.45, 7) is 1.81. The van der Waals surface area contributed by atoms with E-state index in [-0.39, 0.29) is 5.03 Å². The normalized spacial score (nSPS) is 15.9. The third kappa shape index (κ3) is 4.55. The summed E-state index contributed by atoms with van der Waals surface area (Å²) in [6.07, 6.45) is 4.69. The Morgan fingerprint density at radius 2 is 2.20 bits per heavy atom. The van der Waals surface area contributed by atoms with Crippen LogP contribution >= 0.6 is 0 Å². The van der Waals surface area contributed by atoms with E-state index >= 15 is 0 Å². The molecule has 0 bridgehead atoms. The minimum absolute atomic E-state index is 0.176. The number of aromatic nitrogens is 2. The summed E-state index contributed by atoms with van der Waals surface area (Å²) in [6, 6.07) is 0.536. The van der Waals surface area contributed by atoms with Crippen molar-refractivity contribution in [2.45, 2.75) is 36.9 Å². The van der Waals surface area contributed by atoms with Crippen molar-refractivity contribution < 1.29 is 8.42 Å². The van der Waals surface area contributed by atoms with Gasteiger partial charge in [-0.25, -0.2) is 13.1 Å². The Balaban J connectivity index is 1.89. The van der Waals surface area contributed by atoms with Gasteiger partial charge >= 0.3 is 0 Å². The quantitative estimate of drug-likeness (QED) is 0.554. The van der Waals surface area contributed by atoms with E-state index in [2.05, 4.69) is 20.2 Å². The summed E-state index contributed by atoms with van der Waals surface area (Å²) in [7, 11) is 0.427. The molecule has 1 aromatic heterocycles. The van der Waals surface area contributed by atoms with Crippen LogP contribution in [0.25, 0.3) is 0 Å². The highest BCUT2D eigenvalue weighted by Crippen LogP contribution is 2.20. The van der Waals surface area contributed by atoms with Gasteiger partial charge in [-0.1, -0.05) is 0 Å². The lowest BCUT2D eigenvalue weighted by molar-refractivity contribution is 0.400. The average Bonchev–Trinajstić information content (AvgIpc) is 3.08. The molecule has 0 amide bonds. The first-order chi connectivity index (χ1) is 9.49. The molecular weight excluding hydrogens is 278 g/mol. The van der Waals surface area contributed by atoms with Crippen molar-refractivity contribution in [3.05, 3.63) is 11.8 Å². The van der Waals surface area contributed by atoms with E-state index in [9.17, 15) is 8.42 Å². The number of sulfonamides is 1. The molecule has 114 valence electrons. The van der Waals surface area contributed by atoms with Crippen molar-refractivity contribution in [1.82, 2.24) is 25.1 Å². The van der Waals surface area contributed by atoms with Crippen LogP contribution in [0.1, 0.15) is 24.8 Å². The van der Waals surface area contributed by atoms with Crippen LogP contribution in [0.5, 0.6) is 0 Å². The van der Waals surface area contributed by atoms with E-state index in [1.165, 1.54) is 12.8 Å². The van der Waals surface area contributed by atoms with E-state index < -0.39 is 10.0 Å². The topological polar surface area (TPSA) is 90.1 Å². The smallest absolute Gasteiger partial charge is 0.257 e. The van der Waals surface area contributed by atoms with Crippen LogP contribution < -0.4 is 10.0 Å². The fourth-order valence-electron chi connectivity index (χ4n) is 1.87. The number of hydrogen-bond acceptors (Lipinski definition) is 5. The van der Waals surface area contributed by atoms with Gasteiger partial charge in [-0.2, -0.15) is 5.10 Å². The molecule has 1 heterocycles. The van der Waals surface area contributed by atoms with Gasteiger partial charge in [0.1, 0.15) is 0 Å². The van der Waals surface area contributed by atoms with Crippen LogP contribution in [0.4, 0.5) is 0 Å². The highest BCUT2D eigenvalue weighted by molar-refractivity contribution is 7.89. The van der Waals surface area contributed by atoms with Crippen LogP contribution in [0.2, 0.25) is 0 Å². The van der Waals surface area contributed by atoms with Crippen LogP contribution in [-0.4, -0.2) is 56.7 Å². The van der Waals surface area contributed by atoms with Crippen LogP contribution in [0, 0.1) is 0 Å². The molecule has 0 atom stereocenters. The highest BCUT2D eigenvalue weighted by Gasteiger charge is 2.24. The molecule has 0 radical (unpaired) electrons. The van der Waals surface area contributed by atoms with Crippen molar-refractivity contribution in [2.24, 2.45) is 0 Å². The van der Waals surface area contributed by atoms with E-state index in [0.29, 0.717) is 24.7 Å². The maximum atomic E-state index is 12.2. The van der Waals surface area contributed by atoms with Crippen molar-refractivity contribution >= 4 is 10.0 Å². The molecular formula is C12H23N5O2S. The molecule has 8 heteroatoms. The van der Waals surface area contributed by atoms with Gasteiger partial charge in [-0.05, 0) is 39.9 Å². The fourth-order valence-corrected chi connectivity index (χ4v) is 3.07.